The van der Waals surface area contributed by atoms with Crippen LogP contribution in [0.3, 0.4) is 0 Å². The number of ether oxygens (including phenoxy) is 2. The first kappa shape index (κ1) is 41.6. The predicted octanol–water partition coefficient (Wildman–Crippen LogP) is 8.32. The minimum Gasteiger partial charge on any atom is -0.378 e. The van der Waals surface area contributed by atoms with E-state index < -0.39 is 22.9 Å². The van der Waals surface area contributed by atoms with Crippen LogP contribution < -0.4 is 9.80 Å². The van der Waals surface area contributed by atoms with E-state index in [2.05, 4.69) is 173 Å². The van der Waals surface area contributed by atoms with Crippen molar-refractivity contribution in [3.05, 3.63) is 130 Å². The molecule has 6 rings (SSSR count). The zero-order valence-corrected chi connectivity index (χ0v) is 35.4. The van der Waals surface area contributed by atoms with Gasteiger partial charge in [0.1, 0.15) is 0 Å². The molecule has 0 amide bonds. The van der Waals surface area contributed by atoms with Crippen LogP contribution in [0.1, 0.15) is 71.9 Å². The van der Waals surface area contributed by atoms with Gasteiger partial charge in [-0.2, -0.15) is 0 Å². The molecule has 4 aromatic carbocycles. The molecular formula is C49H66N4O3. The van der Waals surface area contributed by atoms with Crippen LogP contribution in [0.2, 0.25) is 0 Å². The molecule has 0 aromatic heterocycles. The lowest BCUT2D eigenvalue weighted by atomic mass is 9.62. The first-order valence-corrected chi connectivity index (χ1v) is 20.9. The third kappa shape index (κ3) is 8.92. The molecule has 4 atom stereocenters. The van der Waals surface area contributed by atoms with Gasteiger partial charge in [-0.25, -0.2) is 0 Å². The number of hydrogen-bond acceptors (Lipinski definition) is 7. The molecule has 2 aliphatic rings. The van der Waals surface area contributed by atoms with Crippen molar-refractivity contribution >= 4 is 17.2 Å². The number of rotatable bonds is 16. The van der Waals surface area contributed by atoms with Gasteiger partial charge >= 0.3 is 0 Å². The van der Waals surface area contributed by atoms with Gasteiger partial charge in [-0.1, -0.05) is 97.8 Å². The third-order valence-electron chi connectivity index (χ3n) is 13.1. The lowest BCUT2D eigenvalue weighted by Crippen LogP contribution is -2.58. The summed E-state index contributed by atoms with van der Waals surface area (Å²) >= 11 is 0. The van der Waals surface area contributed by atoms with Crippen molar-refractivity contribution < 1.29 is 14.3 Å². The highest BCUT2D eigenvalue weighted by Gasteiger charge is 2.52. The standard InChI is InChI=1S/C49H66N4O3/c1-9-48(50(5)6,35-39-15-11-37(3)12-16-39)45(41-19-23-43(24-20-41)52-27-31-55-32-28-52)47(54)46(42-21-25-44(26-22-42)53-29-33-56-34-30-53)49(10-2,51(7)8)36-40-17-13-38(4)14-18-40/h11-26,45-46H,9-10,27-36H2,1-8H3. The molecule has 2 saturated heterocycles. The SMILES string of the molecule is CCC(Cc1ccc(C)cc1)(C(C(=O)C(c1ccc(N2CCOCC2)cc1)C(CC)(Cc1ccc(C)cc1)N(C)C)c1ccc(N2CCOCC2)cc1)N(C)C. The highest BCUT2D eigenvalue weighted by molar-refractivity contribution is 5.95. The van der Waals surface area contributed by atoms with Crippen molar-refractivity contribution in [2.75, 3.05) is 90.6 Å². The molecule has 0 radical (unpaired) electrons. The van der Waals surface area contributed by atoms with Crippen molar-refractivity contribution in [3.8, 4) is 0 Å². The average molecular weight is 759 g/mol. The number of hydrogen-bond donors (Lipinski definition) is 0. The van der Waals surface area contributed by atoms with Crippen LogP contribution in [0.25, 0.3) is 0 Å². The minimum absolute atomic E-state index is 0.272. The number of anilines is 2. The van der Waals surface area contributed by atoms with E-state index in [9.17, 15) is 0 Å². The van der Waals surface area contributed by atoms with Gasteiger partial charge in [0.25, 0.3) is 0 Å². The number of likely N-dealkylation sites (N-methyl/N-ethyl adjacent to an activating group) is 2. The average Bonchev–Trinajstić information content (AvgIpc) is 3.22. The highest BCUT2D eigenvalue weighted by Crippen LogP contribution is 2.48. The second-order valence-corrected chi connectivity index (χ2v) is 16.7. The number of ketones is 1. The molecule has 2 heterocycles. The summed E-state index contributed by atoms with van der Waals surface area (Å²) < 4.78 is 11.4. The molecule has 0 spiro atoms. The van der Waals surface area contributed by atoms with Crippen LogP contribution in [-0.4, -0.2) is 107 Å². The van der Waals surface area contributed by atoms with Crippen molar-refractivity contribution in [3.63, 3.8) is 0 Å². The fraction of sp³-hybridized carbons (Fsp3) is 0.490. The molecule has 0 bridgehead atoms. The van der Waals surface area contributed by atoms with E-state index in [4.69, 9.17) is 9.47 Å². The molecule has 2 aliphatic heterocycles. The molecule has 56 heavy (non-hydrogen) atoms. The summed E-state index contributed by atoms with van der Waals surface area (Å²) in [4.78, 5) is 26.1. The van der Waals surface area contributed by atoms with Gasteiger partial charge in [0.15, 0.2) is 5.78 Å². The Morgan fingerprint density at radius 1 is 0.554 bits per heavy atom. The Bertz CT molecular complexity index is 1690. The summed E-state index contributed by atoms with van der Waals surface area (Å²) in [7, 11) is 8.71. The Balaban J connectivity index is 1.55. The van der Waals surface area contributed by atoms with E-state index >= 15 is 4.79 Å². The van der Waals surface area contributed by atoms with Gasteiger partial charge in [-0.3, -0.25) is 4.79 Å². The number of nitrogens with zero attached hydrogens (tertiary/aromatic N) is 4. The summed E-state index contributed by atoms with van der Waals surface area (Å²) in [6.45, 7) is 15.2. The van der Waals surface area contributed by atoms with Gasteiger partial charge in [0, 0.05) is 48.6 Å². The van der Waals surface area contributed by atoms with Crippen LogP contribution >= 0.6 is 0 Å². The topological polar surface area (TPSA) is 48.5 Å². The minimum atomic E-state index is -0.505. The van der Waals surface area contributed by atoms with Gasteiger partial charge < -0.3 is 29.1 Å². The number of benzene rings is 4. The Morgan fingerprint density at radius 2 is 0.875 bits per heavy atom. The zero-order valence-electron chi connectivity index (χ0n) is 35.4. The summed E-state index contributed by atoms with van der Waals surface area (Å²) in [5.41, 5.74) is 8.46. The summed E-state index contributed by atoms with van der Waals surface area (Å²) in [6.07, 6.45) is 3.11. The van der Waals surface area contributed by atoms with Crippen molar-refractivity contribution in [1.29, 1.82) is 0 Å². The zero-order chi connectivity index (χ0) is 39.9. The normalized spacial score (nSPS) is 18.4. The Kier molecular flexibility index (Phi) is 13.8. The number of carbonyl (C=O) groups is 1. The second-order valence-electron chi connectivity index (χ2n) is 16.7. The number of Topliss-reactive ketones (excluding diaryl/α,β-unsaturated/α-hetero) is 1. The third-order valence-corrected chi connectivity index (χ3v) is 13.1. The van der Waals surface area contributed by atoms with Crippen LogP contribution in [0.4, 0.5) is 11.4 Å². The molecule has 7 nitrogen and oxygen atoms in total. The van der Waals surface area contributed by atoms with E-state index in [0.717, 1.165) is 89.4 Å². The summed E-state index contributed by atoms with van der Waals surface area (Å²) in [5.74, 6) is -0.570. The molecule has 7 heteroatoms. The molecule has 0 N–H and O–H groups in total. The quantitative estimate of drug-likeness (QED) is 0.114. The predicted molar refractivity (Wildman–Crippen MR) is 233 cm³/mol. The highest BCUT2D eigenvalue weighted by atomic mass is 16.5. The van der Waals surface area contributed by atoms with Gasteiger partial charge in [0.2, 0.25) is 0 Å². The maximum Gasteiger partial charge on any atom is 0.151 e. The van der Waals surface area contributed by atoms with Crippen LogP contribution in [0.15, 0.2) is 97.1 Å². The molecular weight excluding hydrogens is 693 g/mol. The molecule has 2 fully saturated rings. The van der Waals surface area contributed by atoms with Gasteiger partial charge in [0.05, 0.1) is 38.3 Å². The van der Waals surface area contributed by atoms with E-state index in [0.29, 0.717) is 0 Å². The molecule has 300 valence electrons. The van der Waals surface area contributed by atoms with Gasteiger partial charge in [-0.15, -0.1) is 0 Å². The lowest BCUT2D eigenvalue weighted by Gasteiger charge is -2.51. The molecule has 0 aliphatic carbocycles. The van der Waals surface area contributed by atoms with E-state index in [1.54, 1.807) is 0 Å². The lowest BCUT2D eigenvalue weighted by molar-refractivity contribution is -0.129. The number of aryl methyl sites for hydroxylation is 2. The first-order valence-electron chi connectivity index (χ1n) is 20.9. The Morgan fingerprint density at radius 3 is 1.16 bits per heavy atom. The maximum atomic E-state index is 16.6. The fourth-order valence-electron chi connectivity index (χ4n) is 9.49. The van der Waals surface area contributed by atoms with E-state index in [-0.39, 0.29) is 5.78 Å². The maximum absolute atomic E-state index is 16.6. The van der Waals surface area contributed by atoms with E-state index in [1.165, 1.54) is 33.6 Å². The van der Waals surface area contributed by atoms with Crippen LogP contribution in [0.5, 0.6) is 0 Å². The Labute approximate surface area is 337 Å². The van der Waals surface area contributed by atoms with Crippen molar-refractivity contribution in [1.82, 2.24) is 9.80 Å². The molecule has 4 aromatic rings. The summed E-state index contributed by atoms with van der Waals surface area (Å²) in [5, 5.41) is 0. The first-order chi connectivity index (χ1) is 27.0. The smallest absolute Gasteiger partial charge is 0.151 e. The molecule has 4 unspecified atom stereocenters. The van der Waals surface area contributed by atoms with Crippen molar-refractivity contribution in [2.24, 2.45) is 0 Å². The monoisotopic (exact) mass is 759 g/mol. The van der Waals surface area contributed by atoms with Gasteiger partial charge in [-0.05, 0) is 114 Å². The number of carbonyl (C=O) groups excluding carboxylic acids is 1. The Hall–Kier alpha value is -4.01. The van der Waals surface area contributed by atoms with Crippen LogP contribution in [0, 0.1) is 13.8 Å². The summed E-state index contributed by atoms with van der Waals surface area (Å²) in [6, 6.07) is 35.8. The number of morpholine rings is 2. The molecule has 0 saturated carbocycles. The second kappa shape index (κ2) is 18.5. The van der Waals surface area contributed by atoms with Crippen molar-refractivity contribution in [2.45, 2.75) is 76.3 Å². The largest absolute Gasteiger partial charge is 0.378 e. The van der Waals surface area contributed by atoms with E-state index in [1.807, 2.05) is 0 Å². The fourth-order valence-corrected chi connectivity index (χ4v) is 9.49. The van der Waals surface area contributed by atoms with Crippen LogP contribution in [-0.2, 0) is 27.1 Å².